The Morgan fingerprint density at radius 3 is 2.29 bits per heavy atom. The number of nitrogens with two attached hydrogens (primary N) is 1. The molecule has 0 fully saturated rings. The van der Waals surface area contributed by atoms with Gasteiger partial charge in [-0.05, 0) is 6.92 Å². The van der Waals surface area contributed by atoms with Crippen molar-refractivity contribution < 1.29 is 9.09 Å². The van der Waals surface area contributed by atoms with Crippen molar-refractivity contribution in [2.24, 2.45) is 5.50 Å². The van der Waals surface area contributed by atoms with E-state index in [4.69, 9.17) is 5.50 Å². The van der Waals surface area contributed by atoms with E-state index in [0.29, 0.717) is 6.61 Å². The average molecular weight is 123 g/mol. The Bertz CT molecular complexity index is 86.9. The van der Waals surface area contributed by atoms with Crippen LogP contribution in [-0.4, -0.2) is 13.3 Å². The van der Waals surface area contributed by atoms with E-state index in [1.165, 1.54) is 6.66 Å². The van der Waals surface area contributed by atoms with E-state index in [9.17, 15) is 4.57 Å². The van der Waals surface area contributed by atoms with Gasteiger partial charge < -0.3 is 4.52 Å². The third-order valence-corrected chi connectivity index (χ3v) is 1.16. The van der Waals surface area contributed by atoms with Crippen LogP contribution < -0.4 is 5.50 Å². The minimum Gasteiger partial charge on any atom is -0.318 e. The second-order valence-corrected chi connectivity index (χ2v) is 3.40. The highest BCUT2D eigenvalue weighted by atomic mass is 31.2. The molecule has 0 rings (SSSR count). The van der Waals surface area contributed by atoms with Crippen molar-refractivity contribution in [3.8, 4) is 0 Å². The number of hydrogen-bond donors (Lipinski definition) is 1. The van der Waals surface area contributed by atoms with Gasteiger partial charge in [0.2, 0.25) is 0 Å². The van der Waals surface area contributed by atoms with Gasteiger partial charge in [-0.3, -0.25) is 10.1 Å². The zero-order valence-corrected chi connectivity index (χ0v) is 5.44. The molecule has 0 saturated heterocycles. The van der Waals surface area contributed by atoms with Crippen LogP contribution in [0.5, 0.6) is 0 Å². The van der Waals surface area contributed by atoms with Crippen molar-refractivity contribution in [1.82, 2.24) is 0 Å². The molecule has 0 aliphatic carbocycles. The van der Waals surface area contributed by atoms with Gasteiger partial charge in [-0.2, -0.15) is 0 Å². The second kappa shape index (κ2) is 2.46. The van der Waals surface area contributed by atoms with Crippen LogP contribution in [0.4, 0.5) is 0 Å². The largest absolute Gasteiger partial charge is 0.318 e. The normalized spacial score (nSPS) is 18.7. The molecule has 0 radical (unpaired) electrons. The summed E-state index contributed by atoms with van der Waals surface area (Å²) < 4.78 is 14.9. The quantitative estimate of drug-likeness (QED) is 0.552. The molecule has 0 aromatic carbocycles. The standard InChI is InChI=1S/C3H10NO2P/c1-3-6-7(2,4)5/h3H2,1-2H3,(H2,4,5). The zero-order valence-electron chi connectivity index (χ0n) is 4.55. The van der Waals surface area contributed by atoms with Crippen LogP contribution in [-0.2, 0) is 9.09 Å². The molecule has 2 N–H and O–H groups in total. The summed E-state index contributed by atoms with van der Waals surface area (Å²) in [5.74, 6) is 0. The predicted molar refractivity (Wildman–Crippen MR) is 29.3 cm³/mol. The third kappa shape index (κ3) is 6.15. The zero-order chi connectivity index (χ0) is 5.91. The lowest BCUT2D eigenvalue weighted by Crippen LogP contribution is -1.95. The van der Waals surface area contributed by atoms with E-state index in [2.05, 4.69) is 4.52 Å². The van der Waals surface area contributed by atoms with Gasteiger partial charge in [0, 0.05) is 6.66 Å². The molecular weight excluding hydrogens is 113 g/mol. The summed E-state index contributed by atoms with van der Waals surface area (Å²) in [4.78, 5) is 0. The molecule has 0 saturated carbocycles. The van der Waals surface area contributed by atoms with Crippen LogP contribution >= 0.6 is 7.52 Å². The average Bonchev–Trinajstić information content (AvgIpc) is 1.30. The Balaban J connectivity index is 3.36. The molecule has 0 aromatic heterocycles. The second-order valence-electron chi connectivity index (χ2n) is 1.33. The van der Waals surface area contributed by atoms with E-state index in [0.717, 1.165) is 0 Å². The van der Waals surface area contributed by atoms with Crippen molar-refractivity contribution in [2.45, 2.75) is 6.92 Å². The number of hydrogen-bond acceptors (Lipinski definition) is 2. The molecular formula is C3H10NO2P. The fourth-order valence-electron chi connectivity index (χ4n) is 0.256. The van der Waals surface area contributed by atoms with E-state index in [1.807, 2.05) is 0 Å². The lowest BCUT2D eigenvalue weighted by atomic mass is 10.9. The Labute approximate surface area is 43.4 Å². The van der Waals surface area contributed by atoms with Crippen molar-refractivity contribution >= 4 is 7.52 Å². The van der Waals surface area contributed by atoms with Gasteiger partial charge in [-0.1, -0.05) is 0 Å². The maximum absolute atomic E-state index is 10.4. The van der Waals surface area contributed by atoms with Crippen LogP contribution in [0.1, 0.15) is 6.92 Å². The summed E-state index contributed by atoms with van der Waals surface area (Å²) in [5, 5.41) is 0. The summed E-state index contributed by atoms with van der Waals surface area (Å²) >= 11 is 0. The molecule has 0 aromatic rings. The molecule has 0 aliphatic heterocycles. The first-order valence-corrected chi connectivity index (χ1v) is 4.21. The summed E-state index contributed by atoms with van der Waals surface area (Å²) in [6.07, 6.45) is 0. The Kier molecular flexibility index (Phi) is 2.51. The van der Waals surface area contributed by atoms with E-state index < -0.39 is 7.52 Å². The Hall–Kier alpha value is 0.150. The highest BCUT2D eigenvalue weighted by Gasteiger charge is 2.02. The summed E-state index contributed by atoms with van der Waals surface area (Å²) in [6, 6.07) is 0. The van der Waals surface area contributed by atoms with Gasteiger partial charge in [0.15, 0.2) is 0 Å². The van der Waals surface area contributed by atoms with Crippen molar-refractivity contribution in [2.75, 3.05) is 13.3 Å². The van der Waals surface area contributed by atoms with Crippen LogP contribution in [0.25, 0.3) is 0 Å². The Morgan fingerprint density at radius 2 is 2.29 bits per heavy atom. The maximum atomic E-state index is 10.4. The molecule has 1 atom stereocenters. The maximum Gasteiger partial charge on any atom is 0.264 e. The Morgan fingerprint density at radius 1 is 1.86 bits per heavy atom. The van der Waals surface area contributed by atoms with E-state index in [-0.39, 0.29) is 0 Å². The SMILES string of the molecule is CCOP(C)(N)=O. The molecule has 4 heteroatoms. The van der Waals surface area contributed by atoms with E-state index >= 15 is 0 Å². The molecule has 44 valence electrons. The van der Waals surface area contributed by atoms with Crippen LogP contribution in [0.15, 0.2) is 0 Å². The summed E-state index contributed by atoms with van der Waals surface area (Å²) in [6.45, 7) is 3.56. The third-order valence-electron chi connectivity index (χ3n) is 0.385. The highest BCUT2D eigenvalue weighted by molar-refractivity contribution is 7.55. The lowest BCUT2D eigenvalue weighted by Gasteiger charge is -2.02. The van der Waals surface area contributed by atoms with Gasteiger partial charge in [0.25, 0.3) is 7.52 Å². The molecule has 0 amide bonds. The number of rotatable bonds is 2. The monoisotopic (exact) mass is 123 g/mol. The molecule has 0 spiro atoms. The summed E-state index contributed by atoms with van der Waals surface area (Å²) in [5.41, 5.74) is 4.98. The van der Waals surface area contributed by atoms with Crippen LogP contribution in [0, 0.1) is 0 Å². The molecule has 7 heavy (non-hydrogen) atoms. The fourth-order valence-corrected chi connectivity index (χ4v) is 0.769. The molecule has 1 unspecified atom stereocenters. The van der Waals surface area contributed by atoms with Gasteiger partial charge in [-0.15, -0.1) is 0 Å². The summed E-state index contributed by atoms with van der Waals surface area (Å²) in [7, 11) is -2.67. The first kappa shape index (κ1) is 7.15. The van der Waals surface area contributed by atoms with Crippen molar-refractivity contribution in [3.63, 3.8) is 0 Å². The van der Waals surface area contributed by atoms with Crippen molar-refractivity contribution in [3.05, 3.63) is 0 Å². The van der Waals surface area contributed by atoms with E-state index in [1.54, 1.807) is 6.92 Å². The fraction of sp³-hybridized carbons (Fsp3) is 1.00. The van der Waals surface area contributed by atoms with Crippen molar-refractivity contribution in [1.29, 1.82) is 0 Å². The topological polar surface area (TPSA) is 52.3 Å². The lowest BCUT2D eigenvalue weighted by molar-refractivity contribution is 0.338. The van der Waals surface area contributed by atoms with Crippen LogP contribution in [0.2, 0.25) is 0 Å². The van der Waals surface area contributed by atoms with Gasteiger partial charge in [0.05, 0.1) is 6.61 Å². The molecule has 0 bridgehead atoms. The first-order chi connectivity index (χ1) is 3.06. The minimum atomic E-state index is -2.67. The van der Waals surface area contributed by atoms with Gasteiger partial charge >= 0.3 is 0 Å². The van der Waals surface area contributed by atoms with Crippen LogP contribution in [0.3, 0.4) is 0 Å². The first-order valence-electron chi connectivity index (χ1n) is 2.07. The van der Waals surface area contributed by atoms with Gasteiger partial charge in [-0.25, -0.2) is 0 Å². The smallest absolute Gasteiger partial charge is 0.264 e. The van der Waals surface area contributed by atoms with Gasteiger partial charge in [0.1, 0.15) is 0 Å². The minimum absolute atomic E-state index is 0.421. The highest BCUT2D eigenvalue weighted by Crippen LogP contribution is 2.30. The molecule has 0 aliphatic rings. The molecule has 0 heterocycles. The predicted octanol–water partition coefficient (Wildman–Crippen LogP) is 0.804. The molecule has 3 nitrogen and oxygen atoms in total.